The van der Waals surface area contributed by atoms with Gasteiger partial charge >= 0.3 is 0 Å². The van der Waals surface area contributed by atoms with Crippen LogP contribution in [0, 0.1) is 5.92 Å². The molecule has 2 unspecified atom stereocenters. The van der Waals surface area contributed by atoms with Crippen LogP contribution >= 0.6 is 12.4 Å². The summed E-state index contributed by atoms with van der Waals surface area (Å²) in [7, 11) is 0. The number of hydrogen-bond donors (Lipinski definition) is 2. The highest BCUT2D eigenvalue weighted by Gasteiger charge is 2.44. The minimum atomic E-state index is 0. The topological polar surface area (TPSA) is 64.3 Å². The monoisotopic (exact) mass is 262 g/mol. The maximum absolute atomic E-state index is 11.8. The van der Waals surface area contributed by atoms with Crippen molar-refractivity contribution >= 4 is 18.3 Å². The molecule has 2 rings (SSSR count). The van der Waals surface area contributed by atoms with E-state index >= 15 is 0 Å². The molecule has 2 fully saturated rings. The van der Waals surface area contributed by atoms with Gasteiger partial charge in [-0.3, -0.25) is 4.79 Å². The summed E-state index contributed by atoms with van der Waals surface area (Å²) in [5.74, 6) is 0.287. The summed E-state index contributed by atoms with van der Waals surface area (Å²) in [6, 6.07) is 0.681. The summed E-state index contributed by atoms with van der Waals surface area (Å²) in [5.41, 5.74) is 5.83. The normalized spacial score (nSPS) is 35.9. The highest BCUT2D eigenvalue weighted by molar-refractivity contribution is 5.85. The van der Waals surface area contributed by atoms with Crippen LogP contribution in [0.5, 0.6) is 0 Å². The van der Waals surface area contributed by atoms with E-state index in [1.54, 1.807) is 0 Å². The summed E-state index contributed by atoms with van der Waals surface area (Å²) in [6.45, 7) is 2.67. The summed E-state index contributed by atoms with van der Waals surface area (Å²) in [5, 5.41) is 3.12. The Morgan fingerprint density at radius 2 is 2.00 bits per heavy atom. The van der Waals surface area contributed by atoms with Gasteiger partial charge in [-0.15, -0.1) is 12.4 Å². The molecule has 2 saturated carbocycles. The Labute approximate surface area is 109 Å². The molecule has 0 aromatic carbocycles. The van der Waals surface area contributed by atoms with Crippen LogP contribution in [-0.2, 0) is 9.53 Å². The zero-order chi connectivity index (χ0) is 11.5. The highest BCUT2D eigenvalue weighted by Crippen LogP contribution is 2.34. The van der Waals surface area contributed by atoms with Gasteiger partial charge in [-0.1, -0.05) is 0 Å². The minimum Gasteiger partial charge on any atom is -0.378 e. The summed E-state index contributed by atoms with van der Waals surface area (Å²) in [4.78, 5) is 11.8. The third-order valence-electron chi connectivity index (χ3n) is 3.57. The molecule has 0 aliphatic heterocycles. The van der Waals surface area contributed by atoms with Crippen LogP contribution in [0.3, 0.4) is 0 Å². The van der Waals surface area contributed by atoms with Gasteiger partial charge in [-0.2, -0.15) is 0 Å². The number of carbonyl (C=O) groups excluding carboxylic acids is 1. The Kier molecular flexibility index (Phi) is 5.70. The van der Waals surface area contributed by atoms with Crippen molar-refractivity contribution in [2.75, 3.05) is 6.61 Å². The first-order valence-electron chi connectivity index (χ1n) is 6.38. The molecule has 0 aromatic heterocycles. The van der Waals surface area contributed by atoms with Crippen LogP contribution in [0.2, 0.25) is 0 Å². The molecule has 0 radical (unpaired) electrons. The Morgan fingerprint density at radius 1 is 1.35 bits per heavy atom. The molecule has 2 aliphatic rings. The third kappa shape index (κ3) is 4.12. The van der Waals surface area contributed by atoms with E-state index in [-0.39, 0.29) is 30.3 Å². The number of nitrogens with one attached hydrogen (secondary N) is 1. The molecule has 2 atom stereocenters. The van der Waals surface area contributed by atoms with Gasteiger partial charge in [0.15, 0.2) is 0 Å². The molecule has 1 amide bonds. The molecule has 4 nitrogen and oxygen atoms in total. The second-order valence-electron chi connectivity index (χ2n) is 4.96. The lowest BCUT2D eigenvalue weighted by molar-refractivity contribution is -0.124. The predicted molar refractivity (Wildman–Crippen MR) is 69.1 cm³/mol. The number of carbonyl (C=O) groups is 1. The molecule has 0 saturated heterocycles. The lowest BCUT2D eigenvalue weighted by Gasteiger charge is -2.26. The molecule has 0 bridgehead atoms. The molecule has 2 aliphatic carbocycles. The van der Waals surface area contributed by atoms with Crippen LogP contribution in [-0.4, -0.2) is 30.7 Å². The maximum Gasteiger partial charge on any atom is 0.226 e. The Morgan fingerprint density at radius 3 is 2.59 bits per heavy atom. The van der Waals surface area contributed by atoms with Crippen LogP contribution < -0.4 is 11.1 Å². The molecule has 0 heterocycles. The maximum atomic E-state index is 11.8. The van der Waals surface area contributed by atoms with E-state index in [1.807, 2.05) is 6.92 Å². The Bertz CT molecular complexity index is 255. The standard InChI is InChI=1S/C12H22N2O2.ClH/c1-2-16-11-7-10(11)12(15)14-9-5-3-8(13)4-6-9;/h8-11H,2-7,13H2,1H3,(H,14,15);1H. The van der Waals surface area contributed by atoms with Gasteiger partial charge in [-0.05, 0) is 39.0 Å². The highest BCUT2D eigenvalue weighted by atomic mass is 35.5. The molecular formula is C12H23ClN2O2. The van der Waals surface area contributed by atoms with Gasteiger partial charge in [-0.25, -0.2) is 0 Å². The Hall–Kier alpha value is -0.320. The zero-order valence-electron chi connectivity index (χ0n) is 10.4. The minimum absolute atomic E-state index is 0. The second-order valence-corrected chi connectivity index (χ2v) is 4.96. The van der Waals surface area contributed by atoms with Crippen LogP contribution in [0.25, 0.3) is 0 Å². The van der Waals surface area contributed by atoms with E-state index in [2.05, 4.69) is 5.32 Å². The van der Waals surface area contributed by atoms with Gasteiger partial charge in [0.2, 0.25) is 5.91 Å². The zero-order valence-corrected chi connectivity index (χ0v) is 11.2. The molecule has 17 heavy (non-hydrogen) atoms. The van der Waals surface area contributed by atoms with Gasteiger partial charge < -0.3 is 15.8 Å². The molecular weight excluding hydrogens is 240 g/mol. The smallest absolute Gasteiger partial charge is 0.226 e. The van der Waals surface area contributed by atoms with E-state index in [9.17, 15) is 4.79 Å². The lowest BCUT2D eigenvalue weighted by Crippen LogP contribution is -2.41. The molecule has 3 N–H and O–H groups in total. The first kappa shape index (κ1) is 14.7. The first-order chi connectivity index (χ1) is 7.70. The van der Waals surface area contributed by atoms with E-state index in [4.69, 9.17) is 10.5 Å². The van der Waals surface area contributed by atoms with Crippen molar-refractivity contribution in [2.45, 2.75) is 57.2 Å². The van der Waals surface area contributed by atoms with Crippen molar-refractivity contribution in [3.63, 3.8) is 0 Å². The van der Waals surface area contributed by atoms with E-state index in [0.717, 1.165) is 32.1 Å². The number of nitrogens with two attached hydrogens (primary N) is 1. The van der Waals surface area contributed by atoms with Gasteiger partial charge in [0, 0.05) is 18.7 Å². The van der Waals surface area contributed by atoms with E-state index in [1.165, 1.54) is 0 Å². The summed E-state index contributed by atoms with van der Waals surface area (Å²) >= 11 is 0. The van der Waals surface area contributed by atoms with Crippen molar-refractivity contribution < 1.29 is 9.53 Å². The molecule has 100 valence electrons. The SMILES string of the molecule is CCOC1CC1C(=O)NC1CCC(N)CC1.Cl. The molecule has 0 aromatic rings. The van der Waals surface area contributed by atoms with Crippen molar-refractivity contribution in [2.24, 2.45) is 11.7 Å². The number of hydrogen-bond acceptors (Lipinski definition) is 3. The number of amides is 1. The van der Waals surface area contributed by atoms with Crippen LogP contribution in [0.4, 0.5) is 0 Å². The van der Waals surface area contributed by atoms with Crippen molar-refractivity contribution in [1.29, 1.82) is 0 Å². The number of rotatable bonds is 4. The summed E-state index contributed by atoms with van der Waals surface area (Å²) < 4.78 is 5.41. The van der Waals surface area contributed by atoms with Crippen LogP contribution in [0.1, 0.15) is 39.0 Å². The fourth-order valence-electron chi connectivity index (χ4n) is 2.42. The predicted octanol–water partition coefficient (Wildman–Crippen LogP) is 1.22. The fourth-order valence-corrected chi connectivity index (χ4v) is 2.42. The largest absolute Gasteiger partial charge is 0.378 e. The first-order valence-corrected chi connectivity index (χ1v) is 6.38. The molecule has 5 heteroatoms. The quantitative estimate of drug-likeness (QED) is 0.801. The van der Waals surface area contributed by atoms with Crippen molar-refractivity contribution in [1.82, 2.24) is 5.32 Å². The average Bonchev–Trinajstić information content (AvgIpc) is 3.01. The summed E-state index contributed by atoms with van der Waals surface area (Å²) in [6.07, 6.45) is 5.19. The van der Waals surface area contributed by atoms with Crippen molar-refractivity contribution in [3.05, 3.63) is 0 Å². The average molecular weight is 263 g/mol. The van der Waals surface area contributed by atoms with Crippen molar-refractivity contribution in [3.8, 4) is 0 Å². The van der Waals surface area contributed by atoms with E-state index < -0.39 is 0 Å². The van der Waals surface area contributed by atoms with Gasteiger partial charge in [0.1, 0.15) is 0 Å². The van der Waals surface area contributed by atoms with Gasteiger partial charge in [0.05, 0.1) is 12.0 Å². The lowest BCUT2D eigenvalue weighted by atomic mass is 9.92. The van der Waals surface area contributed by atoms with Crippen LogP contribution in [0.15, 0.2) is 0 Å². The third-order valence-corrected chi connectivity index (χ3v) is 3.57. The van der Waals surface area contributed by atoms with Gasteiger partial charge in [0.25, 0.3) is 0 Å². The molecule has 0 spiro atoms. The van der Waals surface area contributed by atoms with E-state index in [0.29, 0.717) is 18.7 Å². The Balaban J connectivity index is 0.00000144. The fraction of sp³-hybridized carbons (Fsp3) is 0.917. The second kappa shape index (κ2) is 6.57. The number of halogens is 1. The number of ether oxygens (including phenoxy) is 1.